The molecule has 0 radical (unpaired) electrons. The van der Waals surface area contributed by atoms with E-state index in [1.807, 2.05) is 42.5 Å². The third kappa shape index (κ3) is 2.62. The molecule has 1 amide bonds. The van der Waals surface area contributed by atoms with E-state index in [9.17, 15) is 4.79 Å². The van der Waals surface area contributed by atoms with E-state index < -0.39 is 0 Å². The van der Waals surface area contributed by atoms with Crippen molar-refractivity contribution in [3.05, 3.63) is 48.1 Å². The van der Waals surface area contributed by atoms with Gasteiger partial charge in [-0.25, -0.2) is 5.43 Å². The van der Waals surface area contributed by atoms with Gasteiger partial charge in [0.1, 0.15) is 0 Å². The summed E-state index contributed by atoms with van der Waals surface area (Å²) in [5, 5.41) is 4.25. The number of methoxy groups -OCH3 is 2. The van der Waals surface area contributed by atoms with E-state index in [-0.39, 0.29) is 17.7 Å². The summed E-state index contributed by atoms with van der Waals surface area (Å²) in [6.45, 7) is 0. The number of fused-ring (bicyclic) bond motifs is 1. The van der Waals surface area contributed by atoms with E-state index in [2.05, 4.69) is 10.5 Å². The second kappa shape index (κ2) is 6.05. The largest absolute Gasteiger partial charge is 0.493 e. The molecule has 1 N–H and O–H groups in total. The molecule has 0 saturated carbocycles. The lowest BCUT2D eigenvalue weighted by Gasteiger charge is -2.28. The lowest BCUT2D eigenvalue weighted by Crippen LogP contribution is -2.41. The first-order chi connectivity index (χ1) is 10.7. The van der Waals surface area contributed by atoms with Crippen LogP contribution in [-0.2, 0) is 11.2 Å². The predicted molar refractivity (Wildman–Crippen MR) is 84.1 cm³/mol. The zero-order valence-electron chi connectivity index (χ0n) is 12.6. The number of hydrogen-bond acceptors (Lipinski definition) is 4. The van der Waals surface area contributed by atoms with Crippen LogP contribution in [0, 0.1) is 11.8 Å². The maximum absolute atomic E-state index is 11.9. The molecule has 0 fully saturated rings. The number of carbonyl (C=O) groups is 1. The Hall–Kier alpha value is -2.56. The number of amides is 1. The highest BCUT2D eigenvalue weighted by Gasteiger charge is 2.33. The van der Waals surface area contributed by atoms with Gasteiger partial charge in [0.05, 0.1) is 25.8 Å². The Morgan fingerprint density at radius 1 is 1.09 bits per heavy atom. The van der Waals surface area contributed by atoms with Gasteiger partial charge in [-0.2, -0.15) is 5.10 Å². The molecule has 2 atom stereocenters. The molecule has 0 bridgehead atoms. The minimum absolute atomic E-state index is 0.0202. The molecule has 1 aliphatic heterocycles. The van der Waals surface area contributed by atoms with Crippen molar-refractivity contribution in [3.8, 4) is 11.5 Å². The highest BCUT2D eigenvalue weighted by atomic mass is 16.5. The van der Waals surface area contributed by atoms with Gasteiger partial charge in [0, 0.05) is 12.3 Å². The highest BCUT2D eigenvalue weighted by Crippen LogP contribution is 2.30. The van der Waals surface area contributed by atoms with Crippen LogP contribution in [0.2, 0.25) is 0 Å². The Balaban J connectivity index is 1.85. The number of allylic oxidation sites excluding steroid dienone is 3. The first-order valence-electron chi connectivity index (χ1n) is 7.15. The first kappa shape index (κ1) is 14.4. The van der Waals surface area contributed by atoms with Gasteiger partial charge in [0.25, 0.3) is 0 Å². The molecule has 3 rings (SSSR count). The van der Waals surface area contributed by atoms with E-state index >= 15 is 0 Å². The molecule has 114 valence electrons. The molecule has 0 unspecified atom stereocenters. The fourth-order valence-electron chi connectivity index (χ4n) is 2.81. The van der Waals surface area contributed by atoms with Gasteiger partial charge in [-0.3, -0.25) is 4.79 Å². The van der Waals surface area contributed by atoms with Gasteiger partial charge in [0.15, 0.2) is 11.5 Å². The topological polar surface area (TPSA) is 59.9 Å². The Labute approximate surface area is 129 Å². The van der Waals surface area contributed by atoms with Crippen LogP contribution in [0.5, 0.6) is 11.5 Å². The standard InChI is InChI=1S/C17H18N2O3/c1-21-15-8-7-11(10-16(15)22-2)9-14-12-5-3-4-6-13(12)17(20)19-18-14/h3-8,10,12-13H,9H2,1-2H3,(H,19,20)/t12-,13+/m1/s1. The fraction of sp³-hybridized carbons (Fsp3) is 0.294. The summed E-state index contributed by atoms with van der Waals surface area (Å²) in [6.07, 6.45) is 8.47. The van der Waals surface area contributed by atoms with Gasteiger partial charge in [-0.05, 0) is 17.7 Å². The van der Waals surface area contributed by atoms with Crippen molar-refractivity contribution in [2.75, 3.05) is 14.2 Å². The second-order valence-corrected chi connectivity index (χ2v) is 5.27. The van der Waals surface area contributed by atoms with Crippen molar-refractivity contribution in [2.24, 2.45) is 16.9 Å². The van der Waals surface area contributed by atoms with Gasteiger partial charge in [-0.15, -0.1) is 0 Å². The zero-order chi connectivity index (χ0) is 15.5. The third-order valence-electron chi connectivity index (χ3n) is 3.97. The predicted octanol–water partition coefficient (Wildman–Crippen LogP) is 2.09. The Morgan fingerprint density at radius 2 is 1.82 bits per heavy atom. The second-order valence-electron chi connectivity index (χ2n) is 5.27. The van der Waals surface area contributed by atoms with Crippen molar-refractivity contribution in [3.63, 3.8) is 0 Å². The molecule has 2 aliphatic rings. The van der Waals surface area contributed by atoms with E-state index in [4.69, 9.17) is 9.47 Å². The number of ether oxygens (including phenoxy) is 2. The van der Waals surface area contributed by atoms with Gasteiger partial charge in [0.2, 0.25) is 5.91 Å². The lowest BCUT2D eigenvalue weighted by molar-refractivity contribution is -0.124. The maximum atomic E-state index is 11.9. The molecule has 0 aromatic heterocycles. The molecule has 5 nitrogen and oxygen atoms in total. The molecular weight excluding hydrogens is 280 g/mol. The first-order valence-corrected chi connectivity index (χ1v) is 7.15. The van der Waals surface area contributed by atoms with E-state index in [0.29, 0.717) is 17.9 Å². The number of hydrogen-bond donors (Lipinski definition) is 1. The number of benzene rings is 1. The summed E-state index contributed by atoms with van der Waals surface area (Å²) in [6, 6.07) is 5.80. The summed E-state index contributed by atoms with van der Waals surface area (Å²) in [5.41, 5.74) is 4.62. The molecule has 1 aliphatic carbocycles. The number of rotatable bonds is 4. The fourth-order valence-corrected chi connectivity index (χ4v) is 2.81. The SMILES string of the molecule is COc1ccc(CC2=NNC(=O)[C@H]3C=CC=C[C@@H]23)cc1OC. The van der Waals surface area contributed by atoms with Gasteiger partial charge in [-0.1, -0.05) is 30.4 Å². The Bertz CT molecular complexity index is 676. The van der Waals surface area contributed by atoms with Crippen LogP contribution in [0.1, 0.15) is 5.56 Å². The van der Waals surface area contributed by atoms with Crippen molar-refractivity contribution < 1.29 is 14.3 Å². The highest BCUT2D eigenvalue weighted by molar-refractivity contribution is 5.99. The van der Waals surface area contributed by atoms with Crippen LogP contribution < -0.4 is 14.9 Å². The minimum atomic E-state index is -0.169. The normalized spacial score (nSPS) is 22.6. The summed E-state index contributed by atoms with van der Waals surface area (Å²) in [5.74, 6) is 1.19. The summed E-state index contributed by atoms with van der Waals surface area (Å²) in [4.78, 5) is 11.9. The number of nitrogens with one attached hydrogen (secondary N) is 1. The van der Waals surface area contributed by atoms with Gasteiger partial charge < -0.3 is 9.47 Å². The van der Waals surface area contributed by atoms with E-state index in [1.165, 1.54) is 0 Å². The number of nitrogens with zero attached hydrogens (tertiary/aromatic N) is 1. The molecule has 1 aromatic rings. The average molecular weight is 298 g/mol. The molecular formula is C17H18N2O3. The molecule has 1 aromatic carbocycles. The van der Waals surface area contributed by atoms with Crippen molar-refractivity contribution in [1.82, 2.24) is 5.43 Å². The minimum Gasteiger partial charge on any atom is -0.493 e. The van der Waals surface area contributed by atoms with E-state index in [0.717, 1.165) is 11.3 Å². The summed E-state index contributed by atoms with van der Waals surface area (Å²) >= 11 is 0. The van der Waals surface area contributed by atoms with Crippen LogP contribution in [0.3, 0.4) is 0 Å². The van der Waals surface area contributed by atoms with Crippen LogP contribution in [-0.4, -0.2) is 25.8 Å². The molecule has 1 heterocycles. The van der Waals surface area contributed by atoms with Crippen LogP contribution in [0.15, 0.2) is 47.6 Å². The molecule has 0 spiro atoms. The van der Waals surface area contributed by atoms with Crippen molar-refractivity contribution in [1.29, 1.82) is 0 Å². The molecule has 5 heteroatoms. The average Bonchev–Trinajstić information content (AvgIpc) is 2.57. The monoisotopic (exact) mass is 298 g/mol. The quantitative estimate of drug-likeness (QED) is 0.926. The van der Waals surface area contributed by atoms with Crippen molar-refractivity contribution in [2.45, 2.75) is 6.42 Å². The lowest BCUT2D eigenvalue weighted by atomic mass is 9.81. The summed E-state index contributed by atoms with van der Waals surface area (Å²) < 4.78 is 10.6. The molecule has 0 saturated heterocycles. The number of hydrazone groups is 1. The maximum Gasteiger partial charge on any atom is 0.247 e. The van der Waals surface area contributed by atoms with Gasteiger partial charge >= 0.3 is 0 Å². The van der Waals surface area contributed by atoms with Crippen molar-refractivity contribution >= 4 is 11.6 Å². The summed E-state index contributed by atoms with van der Waals surface area (Å²) in [7, 11) is 3.23. The van der Waals surface area contributed by atoms with E-state index in [1.54, 1.807) is 14.2 Å². The Kier molecular flexibility index (Phi) is 3.96. The smallest absolute Gasteiger partial charge is 0.247 e. The Morgan fingerprint density at radius 3 is 2.55 bits per heavy atom. The molecule has 22 heavy (non-hydrogen) atoms. The van der Waals surface area contributed by atoms with Crippen LogP contribution in [0.4, 0.5) is 0 Å². The third-order valence-corrected chi connectivity index (χ3v) is 3.97. The zero-order valence-corrected chi connectivity index (χ0v) is 12.6. The number of carbonyl (C=O) groups excluding carboxylic acids is 1. The van der Waals surface area contributed by atoms with Crippen LogP contribution in [0.25, 0.3) is 0 Å². The van der Waals surface area contributed by atoms with Crippen LogP contribution >= 0.6 is 0 Å².